The van der Waals surface area contributed by atoms with Gasteiger partial charge in [0.25, 0.3) is 0 Å². The summed E-state index contributed by atoms with van der Waals surface area (Å²) in [5.41, 5.74) is 10.0. The Morgan fingerprint density at radius 1 is 0.792 bits per heavy atom. The summed E-state index contributed by atoms with van der Waals surface area (Å²) in [6, 6.07) is 15.8. The Morgan fingerprint density at radius 3 is 2.12 bits per heavy atom. The predicted octanol–water partition coefficient (Wildman–Crippen LogP) is 6.37. The van der Waals surface area contributed by atoms with Gasteiger partial charge in [0, 0.05) is 16.5 Å². The van der Waals surface area contributed by atoms with Gasteiger partial charge in [0.1, 0.15) is 0 Å². The van der Waals surface area contributed by atoms with Crippen LogP contribution in [-0.4, -0.2) is 5.71 Å². The van der Waals surface area contributed by atoms with E-state index in [-0.39, 0.29) is 0 Å². The zero-order chi connectivity index (χ0) is 17.0. The molecule has 0 aromatic heterocycles. The van der Waals surface area contributed by atoms with E-state index < -0.39 is 0 Å². The first kappa shape index (κ1) is 15.1. The van der Waals surface area contributed by atoms with Crippen LogP contribution in [0.4, 0.5) is 5.69 Å². The molecular formula is C23H23N. The smallest absolute Gasteiger partial charge is 0.0789 e. The molecule has 0 unspecified atom stereocenters. The molecule has 3 aromatic carbocycles. The molecule has 0 bridgehead atoms. The highest BCUT2D eigenvalue weighted by Gasteiger charge is 2.22. The number of benzene rings is 3. The summed E-state index contributed by atoms with van der Waals surface area (Å²) in [5.74, 6) is 0.513. The van der Waals surface area contributed by atoms with Crippen LogP contribution in [-0.2, 0) is 0 Å². The van der Waals surface area contributed by atoms with Crippen LogP contribution in [0.3, 0.4) is 0 Å². The van der Waals surface area contributed by atoms with Crippen molar-refractivity contribution in [3.63, 3.8) is 0 Å². The second-order valence-electron chi connectivity index (χ2n) is 7.40. The van der Waals surface area contributed by atoms with Gasteiger partial charge < -0.3 is 0 Å². The van der Waals surface area contributed by atoms with E-state index >= 15 is 0 Å². The Morgan fingerprint density at radius 2 is 1.46 bits per heavy atom. The van der Waals surface area contributed by atoms with Crippen molar-refractivity contribution in [2.75, 3.05) is 0 Å². The van der Waals surface area contributed by atoms with Crippen molar-refractivity contribution in [1.82, 2.24) is 0 Å². The highest BCUT2D eigenvalue weighted by Crippen LogP contribution is 2.41. The van der Waals surface area contributed by atoms with Gasteiger partial charge in [-0.2, -0.15) is 0 Å². The molecule has 0 atom stereocenters. The van der Waals surface area contributed by atoms with Gasteiger partial charge in [0.15, 0.2) is 0 Å². The minimum Gasteiger partial charge on any atom is -0.247 e. The molecule has 0 saturated carbocycles. The van der Waals surface area contributed by atoms with E-state index in [4.69, 9.17) is 4.99 Å². The fourth-order valence-corrected chi connectivity index (χ4v) is 3.93. The average molecular weight is 313 g/mol. The Kier molecular flexibility index (Phi) is 3.35. The van der Waals surface area contributed by atoms with Crippen molar-refractivity contribution in [1.29, 1.82) is 0 Å². The quantitative estimate of drug-likeness (QED) is 0.407. The van der Waals surface area contributed by atoms with Gasteiger partial charge in [-0.15, -0.1) is 0 Å². The third-order valence-corrected chi connectivity index (χ3v) is 4.88. The SMILES string of the molecule is Cc1cc(C)cc(C2=Nc3ccc(C(C)C)c4cc(C)cc2c34)c1. The highest BCUT2D eigenvalue weighted by atomic mass is 14.8. The van der Waals surface area contributed by atoms with Crippen LogP contribution in [0.15, 0.2) is 47.5 Å². The second-order valence-corrected chi connectivity index (χ2v) is 7.40. The molecule has 0 amide bonds. The van der Waals surface area contributed by atoms with E-state index in [9.17, 15) is 0 Å². The van der Waals surface area contributed by atoms with E-state index in [2.05, 4.69) is 77.1 Å². The minimum atomic E-state index is 0.513. The summed E-state index contributed by atoms with van der Waals surface area (Å²) in [5, 5.41) is 2.68. The Labute approximate surface area is 144 Å². The number of rotatable bonds is 2. The van der Waals surface area contributed by atoms with Crippen LogP contribution >= 0.6 is 0 Å². The largest absolute Gasteiger partial charge is 0.247 e. The fraction of sp³-hybridized carbons (Fsp3) is 0.261. The standard InChI is InChI=1S/C23H23N/c1-13(2)18-6-7-21-22-19(18)11-16(5)12-20(22)23(24-21)17-9-14(3)8-15(4)10-17/h6-13H,1-5H3. The van der Waals surface area contributed by atoms with E-state index in [0.717, 1.165) is 11.4 Å². The third-order valence-electron chi connectivity index (χ3n) is 4.88. The molecule has 1 heteroatoms. The Hall–Kier alpha value is -2.41. The molecule has 1 aliphatic rings. The number of aryl methyl sites for hydroxylation is 3. The van der Waals surface area contributed by atoms with Crippen molar-refractivity contribution < 1.29 is 0 Å². The lowest BCUT2D eigenvalue weighted by atomic mass is 9.90. The van der Waals surface area contributed by atoms with Crippen molar-refractivity contribution in [2.24, 2.45) is 4.99 Å². The number of hydrogen-bond donors (Lipinski definition) is 0. The predicted molar refractivity (Wildman–Crippen MR) is 104 cm³/mol. The van der Waals surface area contributed by atoms with Gasteiger partial charge in [0.2, 0.25) is 0 Å². The number of hydrogen-bond acceptors (Lipinski definition) is 1. The van der Waals surface area contributed by atoms with Crippen LogP contribution in [0.5, 0.6) is 0 Å². The van der Waals surface area contributed by atoms with Gasteiger partial charge in [-0.05, 0) is 67.5 Å². The van der Waals surface area contributed by atoms with Gasteiger partial charge >= 0.3 is 0 Å². The van der Waals surface area contributed by atoms with E-state index in [1.807, 2.05) is 0 Å². The van der Waals surface area contributed by atoms with Crippen molar-refractivity contribution in [3.8, 4) is 0 Å². The van der Waals surface area contributed by atoms with E-state index in [1.54, 1.807) is 0 Å². The zero-order valence-corrected chi connectivity index (χ0v) is 15.1. The first-order valence-electron chi connectivity index (χ1n) is 8.69. The summed E-state index contributed by atoms with van der Waals surface area (Å²) < 4.78 is 0. The lowest BCUT2D eigenvalue weighted by molar-refractivity contribution is 0.876. The molecule has 3 aromatic rings. The molecule has 1 nitrogen and oxygen atoms in total. The number of nitrogens with zero attached hydrogens (tertiary/aromatic N) is 1. The lowest BCUT2D eigenvalue weighted by Gasteiger charge is -2.13. The third kappa shape index (κ3) is 2.27. The molecule has 0 fully saturated rings. The van der Waals surface area contributed by atoms with Crippen LogP contribution < -0.4 is 0 Å². The maximum Gasteiger partial charge on any atom is 0.0789 e. The lowest BCUT2D eigenvalue weighted by Crippen LogP contribution is -2.02. The first-order valence-corrected chi connectivity index (χ1v) is 8.69. The molecule has 24 heavy (non-hydrogen) atoms. The molecule has 0 saturated heterocycles. The topological polar surface area (TPSA) is 12.4 Å². The second kappa shape index (κ2) is 5.31. The van der Waals surface area contributed by atoms with Crippen LogP contribution in [0.1, 0.15) is 53.1 Å². The molecule has 0 radical (unpaired) electrons. The van der Waals surface area contributed by atoms with E-state index in [0.29, 0.717) is 5.92 Å². The summed E-state index contributed by atoms with van der Waals surface area (Å²) in [4.78, 5) is 5.01. The monoisotopic (exact) mass is 313 g/mol. The zero-order valence-electron chi connectivity index (χ0n) is 15.1. The van der Waals surface area contributed by atoms with Gasteiger partial charge in [-0.3, -0.25) is 0 Å². The highest BCUT2D eigenvalue weighted by molar-refractivity contribution is 6.26. The Bertz CT molecular complexity index is 986. The maximum absolute atomic E-state index is 5.01. The van der Waals surface area contributed by atoms with E-state index in [1.165, 1.54) is 44.2 Å². The molecule has 4 rings (SSSR count). The van der Waals surface area contributed by atoms with Crippen LogP contribution in [0.2, 0.25) is 0 Å². The summed E-state index contributed by atoms with van der Waals surface area (Å²) in [7, 11) is 0. The van der Waals surface area contributed by atoms with Crippen molar-refractivity contribution in [2.45, 2.75) is 40.5 Å². The average Bonchev–Trinajstić information content (AvgIpc) is 2.86. The molecule has 1 heterocycles. The minimum absolute atomic E-state index is 0.513. The molecule has 1 aliphatic heterocycles. The summed E-state index contributed by atoms with van der Waals surface area (Å²) >= 11 is 0. The fourth-order valence-electron chi connectivity index (χ4n) is 3.93. The van der Waals surface area contributed by atoms with Crippen molar-refractivity contribution in [3.05, 3.63) is 75.8 Å². The van der Waals surface area contributed by atoms with Gasteiger partial charge in [-0.25, -0.2) is 4.99 Å². The molecule has 0 aliphatic carbocycles. The van der Waals surface area contributed by atoms with Crippen LogP contribution in [0.25, 0.3) is 10.8 Å². The normalized spacial score (nSPS) is 13.0. The molecule has 0 N–H and O–H groups in total. The molecule has 120 valence electrons. The van der Waals surface area contributed by atoms with Crippen LogP contribution in [0, 0.1) is 20.8 Å². The summed E-state index contributed by atoms with van der Waals surface area (Å²) in [6.45, 7) is 11.0. The number of aliphatic imine (C=N–C) groups is 1. The first-order chi connectivity index (χ1) is 11.4. The molecule has 0 spiro atoms. The summed E-state index contributed by atoms with van der Waals surface area (Å²) in [6.07, 6.45) is 0. The maximum atomic E-state index is 5.01. The Balaban J connectivity index is 2.02. The molecular weight excluding hydrogens is 290 g/mol. The van der Waals surface area contributed by atoms with Gasteiger partial charge in [0.05, 0.1) is 11.4 Å². The van der Waals surface area contributed by atoms with Gasteiger partial charge in [-0.1, -0.05) is 43.2 Å². The van der Waals surface area contributed by atoms with Crippen molar-refractivity contribution >= 4 is 22.2 Å².